The van der Waals surface area contributed by atoms with Crippen molar-refractivity contribution >= 4 is 21.7 Å². The van der Waals surface area contributed by atoms with Gasteiger partial charge in [0.25, 0.3) is 10.1 Å². The van der Waals surface area contributed by atoms with Gasteiger partial charge in [-0.3, -0.25) is 8.39 Å². The van der Waals surface area contributed by atoms with Gasteiger partial charge in [0.2, 0.25) is 0 Å². The first-order chi connectivity index (χ1) is 11.9. The topological polar surface area (TPSA) is 88.1 Å². The molecular formula is C15H24O7S2. The molecule has 1 unspecified atom stereocenters. The standard InChI is InChI=1S/C15H24O7S2/c1-14-2-4-15(5-3-14)24(17,18)22-11-10-20-7-6-19-8-9-21-12-13-23-16/h2-5,23H,6-13H2,1H3/i23T. The molecule has 1 aromatic rings. The fourth-order valence-electron chi connectivity index (χ4n) is 1.61. The Morgan fingerprint density at radius 3 is 1.96 bits per heavy atom. The Balaban J connectivity index is 1.99. The van der Waals surface area contributed by atoms with Crippen LogP contribution in [-0.4, -0.2) is 65.8 Å². The van der Waals surface area contributed by atoms with Crippen LogP contribution in [0.25, 0.3) is 0 Å². The molecule has 1 atom stereocenters. The second-order valence-electron chi connectivity index (χ2n) is 4.75. The van der Waals surface area contributed by atoms with Gasteiger partial charge in [0, 0.05) is 17.3 Å². The largest absolute Gasteiger partial charge is 0.378 e. The van der Waals surface area contributed by atoms with Crippen LogP contribution >= 0.6 is 0 Å². The summed E-state index contributed by atoms with van der Waals surface area (Å²) < 4.78 is 61.5. The van der Waals surface area contributed by atoms with Crippen LogP contribution in [0, 0.1) is 6.92 Å². The highest BCUT2D eigenvalue weighted by Gasteiger charge is 2.14. The Kier molecular flexibility index (Phi) is 10.2. The van der Waals surface area contributed by atoms with Gasteiger partial charge < -0.3 is 14.2 Å². The van der Waals surface area contributed by atoms with Gasteiger partial charge in [0.05, 0.1) is 51.1 Å². The molecule has 0 amide bonds. The van der Waals surface area contributed by atoms with E-state index in [1.165, 1.54) is 12.1 Å². The van der Waals surface area contributed by atoms with Crippen LogP contribution in [0.5, 0.6) is 0 Å². The van der Waals surface area contributed by atoms with Crippen molar-refractivity contribution < 1.29 is 31.0 Å². The zero-order valence-corrected chi connectivity index (χ0v) is 15.3. The Bertz CT molecular complexity index is 605. The molecule has 0 aliphatic rings. The fraction of sp³-hybridized carbons (Fsp3) is 0.600. The van der Waals surface area contributed by atoms with E-state index in [-0.39, 0.29) is 30.5 Å². The maximum Gasteiger partial charge on any atom is 0.297 e. The van der Waals surface area contributed by atoms with Crippen LogP contribution in [0.2, 0.25) is 0 Å². The summed E-state index contributed by atoms with van der Waals surface area (Å²) in [7, 11) is -3.76. The van der Waals surface area contributed by atoms with Crippen LogP contribution in [-0.2, 0) is 40.1 Å². The summed E-state index contributed by atoms with van der Waals surface area (Å²) in [6.07, 6.45) is 0. The Morgan fingerprint density at radius 1 is 0.917 bits per heavy atom. The molecule has 0 aliphatic carbocycles. The minimum atomic E-state index is -3.76. The Labute approximate surface area is 147 Å². The lowest BCUT2D eigenvalue weighted by molar-refractivity contribution is 0.0121. The normalized spacial score (nSPS) is 13.6. The van der Waals surface area contributed by atoms with Gasteiger partial charge in [-0.2, -0.15) is 8.42 Å². The quantitative estimate of drug-likeness (QED) is 0.288. The number of hydrogen-bond donors (Lipinski definition) is 1. The molecular weight excluding hydrogens is 356 g/mol. The van der Waals surface area contributed by atoms with Gasteiger partial charge in [-0.25, -0.2) is 0 Å². The zero-order chi connectivity index (χ0) is 18.5. The van der Waals surface area contributed by atoms with Crippen molar-refractivity contribution in [2.45, 2.75) is 11.8 Å². The molecule has 1 rings (SSSR count). The van der Waals surface area contributed by atoms with Crippen molar-refractivity contribution in [3.8, 4) is 0 Å². The van der Waals surface area contributed by atoms with E-state index in [1.807, 2.05) is 6.92 Å². The third kappa shape index (κ3) is 9.45. The summed E-state index contributed by atoms with van der Waals surface area (Å²) in [6, 6.07) is 6.42. The van der Waals surface area contributed by atoms with Gasteiger partial charge >= 0.3 is 0 Å². The monoisotopic (exact) mass is 382 g/mol. The van der Waals surface area contributed by atoms with Crippen LogP contribution in [0.1, 0.15) is 5.56 Å². The van der Waals surface area contributed by atoms with E-state index >= 15 is 0 Å². The number of aryl methyl sites for hydroxylation is 1. The summed E-state index contributed by atoms with van der Waals surface area (Å²) in [4.78, 5) is 0.121. The van der Waals surface area contributed by atoms with Crippen molar-refractivity contribution in [3.05, 3.63) is 29.8 Å². The molecule has 0 saturated carbocycles. The maximum absolute atomic E-state index is 11.9. The maximum atomic E-state index is 11.9. The Morgan fingerprint density at radius 2 is 1.42 bits per heavy atom. The molecule has 0 N–H and O–H groups in total. The molecule has 0 radical (unpaired) electrons. The molecule has 1 aromatic carbocycles. The van der Waals surface area contributed by atoms with E-state index in [0.717, 1.165) is 5.56 Å². The van der Waals surface area contributed by atoms with E-state index < -0.39 is 21.7 Å². The molecule has 0 spiro atoms. The van der Waals surface area contributed by atoms with Crippen LogP contribution in [0.15, 0.2) is 29.2 Å². The third-order valence-corrected chi connectivity index (χ3v) is 4.49. The van der Waals surface area contributed by atoms with Crippen molar-refractivity contribution in [2.75, 3.05) is 52.0 Å². The first-order valence-corrected chi connectivity index (χ1v) is 9.82. The average molecular weight is 382 g/mol. The molecule has 0 heterocycles. The molecule has 138 valence electrons. The molecule has 0 saturated heterocycles. The molecule has 0 bridgehead atoms. The van der Waals surface area contributed by atoms with Crippen molar-refractivity contribution in [2.24, 2.45) is 0 Å². The molecule has 24 heavy (non-hydrogen) atoms. The Hall–Kier alpha value is -0.840. The van der Waals surface area contributed by atoms with Crippen molar-refractivity contribution in [1.82, 2.24) is 0 Å². The number of hydrogen-bond acceptors (Lipinski definition) is 7. The smallest absolute Gasteiger partial charge is 0.297 e. The highest BCUT2D eigenvalue weighted by molar-refractivity contribution is 7.86. The van der Waals surface area contributed by atoms with E-state index in [0.29, 0.717) is 26.4 Å². The molecule has 0 aromatic heterocycles. The minimum Gasteiger partial charge on any atom is -0.378 e. The van der Waals surface area contributed by atoms with Gasteiger partial charge in [0.15, 0.2) is 0 Å². The lowest BCUT2D eigenvalue weighted by Gasteiger charge is -2.08. The summed E-state index contributed by atoms with van der Waals surface area (Å²) in [6.45, 7) is 3.59. The minimum absolute atomic E-state index is 0.0659. The summed E-state index contributed by atoms with van der Waals surface area (Å²) in [5.41, 5.74) is 0.971. The number of ether oxygens (including phenoxy) is 3. The van der Waals surface area contributed by atoms with Crippen molar-refractivity contribution in [3.63, 3.8) is 0 Å². The van der Waals surface area contributed by atoms with Crippen LogP contribution in [0.4, 0.5) is 0 Å². The van der Waals surface area contributed by atoms with Gasteiger partial charge in [-0.05, 0) is 19.1 Å². The molecule has 0 fully saturated rings. The van der Waals surface area contributed by atoms with Crippen molar-refractivity contribution in [1.29, 1.82) is 1.12 Å². The van der Waals surface area contributed by atoms with E-state index in [4.69, 9.17) is 19.5 Å². The van der Waals surface area contributed by atoms with Gasteiger partial charge in [0.1, 0.15) is 1.12 Å². The SMILES string of the molecule is [3H]S(=O)CCOCCOCCOCCOS(=O)(=O)c1ccc(C)cc1. The predicted molar refractivity (Wildman–Crippen MR) is 91.2 cm³/mol. The van der Waals surface area contributed by atoms with E-state index in [1.54, 1.807) is 12.1 Å². The van der Waals surface area contributed by atoms with Gasteiger partial charge in [-0.1, -0.05) is 17.7 Å². The second kappa shape index (κ2) is 12.5. The van der Waals surface area contributed by atoms with Gasteiger partial charge in [-0.15, -0.1) is 0 Å². The van der Waals surface area contributed by atoms with E-state index in [2.05, 4.69) is 0 Å². The molecule has 7 nitrogen and oxygen atoms in total. The average Bonchev–Trinajstić information content (AvgIpc) is 2.56. The first-order valence-electron chi connectivity index (χ1n) is 7.91. The molecule has 9 heteroatoms. The number of thiol groups is 1. The molecule has 0 aliphatic heterocycles. The summed E-state index contributed by atoms with van der Waals surface area (Å²) in [5.74, 6) is 0.189. The highest BCUT2D eigenvalue weighted by Crippen LogP contribution is 2.12. The van der Waals surface area contributed by atoms with Crippen LogP contribution < -0.4 is 0 Å². The number of benzene rings is 1. The summed E-state index contributed by atoms with van der Waals surface area (Å²) >= 11 is -1.59. The fourth-order valence-corrected chi connectivity index (χ4v) is 2.69. The third-order valence-electron chi connectivity index (χ3n) is 2.83. The number of rotatable bonds is 14. The first kappa shape index (κ1) is 19.5. The van der Waals surface area contributed by atoms with Crippen LogP contribution in [0.3, 0.4) is 0 Å². The lowest BCUT2D eigenvalue weighted by Crippen LogP contribution is -2.14. The lowest BCUT2D eigenvalue weighted by atomic mass is 10.2. The summed E-state index contributed by atoms with van der Waals surface area (Å²) in [5, 5.41) is 0. The van der Waals surface area contributed by atoms with E-state index in [9.17, 15) is 12.6 Å². The second-order valence-corrected chi connectivity index (χ2v) is 7.01. The predicted octanol–water partition coefficient (Wildman–Crippen LogP) is 0.695. The highest BCUT2D eigenvalue weighted by atomic mass is 32.2. The zero-order valence-electron chi connectivity index (χ0n) is 14.6.